The van der Waals surface area contributed by atoms with Crippen molar-refractivity contribution < 1.29 is 4.79 Å². The number of aromatic nitrogens is 2. The number of halogens is 1. The van der Waals surface area contributed by atoms with E-state index in [-0.39, 0.29) is 5.91 Å². The van der Waals surface area contributed by atoms with Gasteiger partial charge < -0.3 is 15.5 Å². The predicted octanol–water partition coefficient (Wildman–Crippen LogP) is 1.02. The number of amides is 1. The Balaban J connectivity index is 1.80. The molecule has 0 bridgehead atoms. The maximum atomic E-state index is 12.0. The van der Waals surface area contributed by atoms with Gasteiger partial charge >= 0.3 is 0 Å². The van der Waals surface area contributed by atoms with Gasteiger partial charge in [0, 0.05) is 45.0 Å². The predicted molar refractivity (Wildman–Crippen MR) is 81.4 cm³/mol. The highest BCUT2D eigenvalue weighted by atomic mass is 79.9. The van der Waals surface area contributed by atoms with E-state index in [1.54, 1.807) is 12.4 Å². The first-order valence-corrected chi connectivity index (χ1v) is 7.70. The number of unbranched alkanes of at least 4 members (excludes halogenated alkanes) is 1. The van der Waals surface area contributed by atoms with E-state index in [1.807, 2.05) is 4.90 Å². The van der Waals surface area contributed by atoms with E-state index in [9.17, 15) is 4.79 Å². The van der Waals surface area contributed by atoms with E-state index in [4.69, 9.17) is 5.73 Å². The second-order valence-electron chi connectivity index (χ2n) is 4.81. The number of nitrogens with two attached hydrogens (primary N) is 1. The molecular formula is C13H20BrN5O. The van der Waals surface area contributed by atoms with Gasteiger partial charge in [-0.1, -0.05) is 0 Å². The molecule has 1 aliphatic rings. The lowest BCUT2D eigenvalue weighted by atomic mass is 10.2. The van der Waals surface area contributed by atoms with Crippen molar-refractivity contribution in [2.45, 2.75) is 19.3 Å². The Bertz CT molecular complexity index is 431. The Morgan fingerprint density at radius 2 is 1.85 bits per heavy atom. The Hall–Kier alpha value is -1.21. The lowest BCUT2D eigenvalue weighted by Gasteiger charge is -2.34. The average Bonchev–Trinajstić information content (AvgIpc) is 2.48. The summed E-state index contributed by atoms with van der Waals surface area (Å²) in [5.41, 5.74) is 5.44. The molecule has 1 fully saturated rings. The van der Waals surface area contributed by atoms with Gasteiger partial charge in [-0.2, -0.15) is 0 Å². The Morgan fingerprint density at radius 3 is 2.45 bits per heavy atom. The van der Waals surface area contributed by atoms with Crippen LogP contribution in [0.4, 0.5) is 5.95 Å². The average molecular weight is 342 g/mol. The molecule has 7 heteroatoms. The quantitative estimate of drug-likeness (QED) is 0.809. The second-order valence-corrected chi connectivity index (χ2v) is 5.73. The summed E-state index contributed by atoms with van der Waals surface area (Å²) in [6.07, 6.45) is 5.88. The molecule has 6 nitrogen and oxygen atoms in total. The third-order valence-corrected chi connectivity index (χ3v) is 3.78. The van der Waals surface area contributed by atoms with Crippen molar-refractivity contribution in [2.24, 2.45) is 5.73 Å². The van der Waals surface area contributed by atoms with Crippen molar-refractivity contribution in [3.8, 4) is 0 Å². The SMILES string of the molecule is NCCCCC(=O)N1CCN(c2ncc(Br)cn2)CC1. The van der Waals surface area contributed by atoms with Gasteiger partial charge in [0.25, 0.3) is 0 Å². The molecule has 1 aliphatic heterocycles. The first-order valence-electron chi connectivity index (χ1n) is 6.91. The third-order valence-electron chi connectivity index (χ3n) is 3.37. The highest BCUT2D eigenvalue weighted by Gasteiger charge is 2.21. The Labute approximate surface area is 127 Å². The van der Waals surface area contributed by atoms with Gasteiger partial charge in [-0.15, -0.1) is 0 Å². The number of carbonyl (C=O) groups is 1. The van der Waals surface area contributed by atoms with E-state index >= 15 is 0 Å². The molecule has 0 aliphatic carbocycles. The number of anilines is 1. The second kappa shape index (κ2) is 7.54. The lowest BCUT2D eigenvalue weighted by Crippen LogP contribution is -2.49. The summed E-state index contributed by atoms with van der Waals surface area (Å²) >= 11 is 3.32. The fourth-order valence-corrected chi connectivity index (χ4v) is 2.41. The minimum Gasteiger partial charge on any atom is -0.339 e. The minimum absolute atomic E-state index is 0.231. The maximum absolute atomic E-state index is 12.0. The van der Waals surface area contributed by atoms with Gasteiger partial charge in [0.2, 0.25) is 11.9 Å². The van der Waals surface area contributed by atoms with E-state index in [0.717, 1.165) is 49.4 Å². The van der Waals surface area contributed by atoms with E-state index in [2.05, 4.69) is 30.8 Å². The summed E-state index contributed by atoms with van der Waals surface area (Å²) in [5, 5.41) is 0. The fourth-order valence-electron chi connectivity index (χ4n) is 2.20. The van der Waals surface area contributed by atoms with Crippen LogP contribution in [0.1, 0.15) is 19.3 Å². The molecule has 0 radical (unpaired) electrons. The molecule has 0 spiro atoms. The molecular weight excluding hydrogens is 322 g/mol. The van der Waals surface area contributed by atoms with Crippen LogP contribution in [0.5, 0.6) is 0 Å². The molecule has 2 N–H and O–H groups in total. The lowest BCUT2D eigenvalue weighted by molar-refractivity contribution is -0.131. The highest BCUT2D eigenvalue weighted by molar-refractivity contribution is 9.10. The highest BCUT2D eigenvalue weighted by Crippen LogP contribution is 2.14. The van der Waals surface area contributed by atoms with Crippen LogP contribution in [0.15, 0.2) is 16.9 Å². The standard InChI is InChI=1S/C13H20BrN5O/c14-11-9-16-13(17-10-11)19-7-5-18(6-8-19)12(20)3-1-2-4-15/h9-10H,1-8,15H2. The van der Waals surface area contributed by atoms with Gasteiger partial charge in [-0.05, 0) is 35.3 Å². The number of hydrogen-bond acceptors (Lipinski definition) is 5. The number of rotatable bonds is 5. The number of piperazine rings is 1. The maximum Gasteiger partial charge on any atom is 0.225 e. The van der Waals surface area contributed by atoms with Gasteiger partial charge in [0.05, 0.1) is 4.47 Å². The summed E-state index contributed by atoms with van der Waals surface area (Å²) < 4.78 is 0.870. The summed E-state index contributed by atoms with van der Waals surface area (Å²) in [4.78, 5) is 24.6. The summed E-state index contributed by atoms with van der Waals surface area (Å²) in [7, 11) is 0. The molecule has 0 atom stereocenters. The summed E-state index contributed by atoms with van der Waals surface area (Å²) in [5.74, 6) is 0.957. The number of carbonyl (C=O) groups excluding carboxylic acids is 1. The Kier molecular flexibility index (Phi) is 5.72. The number of hydrogen-bond donors (Lipinski definition) is 1. The van der Waals surface area contributed by atoms with Crippen LogP contribution in [0.25, 0.3) is 0 Å². The monoisotopic (exact) mass is 341 g/mol. The van der Waals surface area contributed by atoms with Crippen molar-refractivity contribution in [3.05, 3.63) is 16.9 Å². The van der Waals surface area contributed by atoms with Crippen LogP contribution in [0.3, 0.4) is 0 Å². The largest absolute Gasteiger partial charge is 0.339 e. The Morgan fingerprint density at radius 1 is 1.20 bits per heavy atom. The molecule has 110 valence electrons. The first kappa shape index (κ1) is 15.2. The summed E-state index contributed by atoms with van der Waals surface area (Å²) in [6.45, 7) is 3.69. The molecule has 0 aromatic carbocycles. The zero-order valence-electron chi connectivity index (χ0n) is 11.5. The molecule has 20 heavy (non-hydrogen) atoms. The molecule has 0 unspecified atom stereocenters. The molecule has 0 saturated carbocycles. The summed E-state index contributed by atoms with van der Waals surface area (Å²) in [6, 6.07) is 0. The van der Waals surface area contributed by atoms with Crippen LogP contribution in [-0.4, -0.2) is 53.5 Å². The van der Waals surface area contributed by atoms with Crippen molar-refractivity contribution >= 4 is 27.8 Å². The van der Waals surface area contributed by atoms with Crippen LogP contribution in [0, 0.1) is 0 Å². The molecule has 1 aromatic rings. The van der Waals surface area contributed by atoms with Crippen molar-refractivity contribution in [2.75, 3.05) is 37.6 Å². The van der Waals surface area contributed by atoms with Gasteiger partial charge in [-0.25, -0.2) is 9.97 Å². The fraction of sp³-hybridized carbons (Fsp3) is 0.615. The minimum atomic E-state index is 0.231. The topological polar surface area (TPSA) is 75.4 Å². The van der Waals surface area contributed by atoms with Crippen LogP contribution < -0.4 is 10.6 Å². The van der Waals surface area contributed by atoms with E-state index in [1.165, 1.54) is 0 Å². The van der Waals surface area contributed by atoms with Crippen molar-refractivity contribution in [1.82, 2.24) is 14.9 Å². The van der Waals surface area contributed by atoms with E-state index in [0.29, 0.717) is 13.0 Å². The molecule has 2 rings (SSSR count). The first-order chi connectivity index (χ1) is 9.70. The van der Waals surface area contributed by atoms with Gasteiger partial charge in [-0.3, -0.25) is 4.79 Å². The van der Waals surface area contributed by atoms with Crippen LogP contribution in [0.2, 0.25) is 0 Å². The van der Waals surface area contributed by atoms with Crippen LogP contribution >= 0.6 is 15.9 Å². The smallest absolute Gasteiger partial charge is 0.225 e. The third kappa shape index (κ3) is 4.14. The van der Waals surface area contributed by atoms with Gasteiger partial charge in [0.15, 0.2) is 0 Å². The molecule has 1 amide bonds. The molecule has 1 saturated heterocycles. The molecule has 1 aromatic heterocycles. The molecule has 2 heterocycles. The van der Waals surface area contributed by atoms with Crippen LogP contribution in [-0.2, 0) is 4.79 Å². The number of nitrogens with zero attached hydrogens (tertiary/aromatic N) is 4. The normalized spacial score (nSPS) is 15.5. The van der Waals surface area contributed by atoms with E-state index < -0.39 is 0 Å². The zero-order valence-corrected chi connectivity index (χ0v) is 13.0. The van der Waals surface area contributed by atoms with Crippen molar-refractivity contribution in [1.29, 1.82) is 0 Å². The zero-order chi connectivity index (χ0) is 14.4. The van der Waals surface area contributed by atoms with Crippen molar-refractivity contribution in [3.63, 3.8) is 0 Å². The van der Waals surface area contributed by atoms with Gasteiger partial charge in [0.1, 0.15) is 0 Å².